The van der Waals surface area contributed by atoms with Crippen molar-refractivity contribution in [3.63, 3.8) is 0 Å². The van der Waals surface area contributed by atoms with Crippen molar-refractivity contribution in [2.45, 2.75) is 19.1 Å². The fourth-order valence-corrected chi connectivity index (χ4v) is 2.74. The average Bonchev–Trinajstić information content (AvgIpc) is 2.61. The third-order valence-corrected chi connectivity index (χ3v) is 3.81. The Balaban J connectivity index is 1.92. The first-order chi connectivity index (χ1) is 11.6. The summed E-state index contributed by atoms with van der Waals surface area (Å²) in [5.74, 6) is -1.37. The molecule has 0 aliphatic carbocycles. The zero-order valence-electron chi connectivity index (χ0n) is 13.1. The molecule has 0 radical (unpaired) electrons. The summed E-state index contributed by atoms with van der Waals surface area (Å²) in [7, 11) is 0. The van der Waals surface area contributed by atoms with Crippen LogP contribution in [0.4, 0.5) is 0 Å². The lowest BCUT2D eigenvalue weighted by atomic mass is 10.1. The van der Waals surface area contributed by atoms with Crippen LogP contribution in [0.5, 0.6) is 0 Å². The summed E-state index contributed by atoms with van der Waals surface area (Å²) < 4.78 is 5.35. The molecule has 1 saturated heterocycles. The smallest absolute Gasteiger partial charge is 0.334 e. The Bertz CT molecular complexity index is 751. The van der Waals surface area contributed by atoms with Crippen LogP contribution in [-0.2, 0) is 9.53 Å². The summed E-state index contributed by atoms with van der Waals surface area (Å²) in [6, 6.07) is 9.33. The summed E-state index contributed by atoms with van der Waals surface area (Å²) in [6.45, 7) is 2.07. The Morgan fingerprint density at radius 2 is 2.00 bits per heavy atom. The highest BCUT2D eigenvalue weighted by Crippen LogP contribution is 2.23. The molecular weight excluding hydrogens is 310 g/mol. The molecule has 1 fully saturated rings. The van der Waals surface area contributed by atoms with Gasteiger partial charge in [-0.05, 0) is 6.92 Å². The molecule has 1 N–H and O–H groups in total. The molecule has 0 saturated carbocycles. The predicted molar refractivity (Wildman–Crippen MR) is 85.3 cm³/mol. The van der Waals surface area contributed by atoms with Gasteiger partial charge in [0.1, 0.15) is 6.33 Å². The van der Waals surface area contributed by atoms with Crippen LogP contribution in [0.25, 0.3) is 11.3 Å². The first-order valence-electron chi connectivity index (χ1n) is 7.59. The first kappa shape index (κ1) is 16.1. The highest BCUT2D eigenvalue weighted by molar-refractivity contribution is 5.99. The van der Waals surface area contributed by atoms with Crippen LogP contribution in [-0.4, -0.2) is 57.1 Å². The topological polar surface area (TPSA) is 92.6 Å². The molecule has 1 unspecified atom stereocenters. The minimum atomic E-state index is -1.08. The number of rotatable bonds is 3. The maximum absolute atomic E-state index is 12.9. The number of carbonyl (C=O) groups is 2. The summed E-state index contributed by atoms with van der Waals surface area (Å²) in [4.78, 5) is 33.8. The van der Waals surface area contributed by atoms with Gasteiger partial charge in [0.05, 0.1) is 23.9 Å². The van der Waals surface area contributed by atoms with Crippen molar-refractivity contribution in [2.24, 2.45) is 0 Å². The number of aromatic nitrogens is 2. The molecule has 1 amide bonds. The predicted octanol–water partition coefficient (Wildman–Crippen LogP) is 1.46. The number of carboxylic acids is 1. The lowest BCUT2D eigenvalue weighted by molar-refractivity contribution is -0.160. The molecule has 2 heterocycles. The largest absolute Gasteiger partial charge is 0.479 e. The molecule has 1 aromatic carbocycles. The molecule has 0 bridgehead atoms. The summed E-state index contributed by atoms with van der Waals surface area (Å²) in [5, 5.41) is 9.17. The Kier molecular flexibility index (Phi) is 4.52. The van der Waals surface area contributed by atoms with Crippen molar-refractivity contribution < 1.29 is 19.4 Å². The number of benzene rings is 1. The van der Waals surface area contributed by atoms with Gasteiger partial charge in [0, 0.05) is 18.3 Å². The van der Waals surface area contributed by atoms with Gasteiger partial charge in [-0.1, -0.05) is 30.3 Å². The van der Waals surface area contributed by atoms with E-state index in [1.54, 1.807) is 6.92 Å². The maximum atomic E-state index is 12.9. The third-order valence-electron chi connectivity index (χ3n) is 3.81. The second-order valence-corrected chi connectivity index (χ2v) is 5.63. The molecule has 1 aromatic heterocycles. The molecule has 1 aliphatic rings. The van der Waals surface area contributed by atoms with E-state index in [1.165, 1.54) is 17.4 Å². The average molecular weight is 327 g/mol. The molecule has 7 heteroatoms. The quantitative estimate of drug-likeness (QED) is 0.917. The van der Waals surface area contributed by atoms with Crippen molar-refractivity contribution in [2.75, 3.05) is 13.1 Å². The van der Waals surface area contributed by atoms with Gasteiger partial charge in [0.2, 0.25) is 0 Å². The molecule has 2 aromatic rings. The number of nitrogens with zero attached hydrogens (tertiary/aromatic N) is 3. The van der Waals surface area contributed by atoms with Gasteiger partial charge in [-0.2, -0.15) is 0 Å². The first-order valence-corrected chi connectivity index (χ1v) is 7.59. The van der Waals surface area contributed by atoms with Gasteiger partial charge in [-0.3, -0.25) is 4.79 Å². The minimum absolute atomic E-state index is 0.00162. The van der Waals surface area contributed by atoms with Crippen LogP contribution in [0, 0.1) is 0 Å². The Morgan fingerprint density at radius 3 is 2.71 bits per heavy atom. The van der Waals surface area contributed by atoms with E-state index >= 15 is 0 Å². The van der Waals surface area contributed by atoms with Crippen LogP contribution < -0.4 is 0 Å². The van der Waals surface area contributed by atoms with Crippen LogP contribution in [0.2, 0.25) is 0 Å². The number of ether oxygens (including phenoxy) is 1. The van der Waals surface area contributed by atoms with E-state index in [2.05, 4.69) is 9.97 Å². The van der Waals surface area contributed by atoms with Crippen LogP contribution in [0.3, 0.4) is 0 Å². The number of carboxylic acid groups (broad SMARTS) is 1. The van der Waals surface area contributed by atoms with E-state index < -0.39 is 12.1 Å². The van der Waals surface area contributed by atoms with Crippen molar-refractivity contribution in [3.05, 3.63) is 48.4 Å². The maximum Gasteiger partial charge on any atom is 0.334 e. The van der Waals surface area contributed by atoms with Crippen molar-refractivity contribution in [1.29, 1.82) is 0 Å². The van der Waals surface area contributed by atoms with Gasteiger partial charge >= 0.3 is 5.97 Å². The van der Waals surface area contributed by atoms with Crippen molar-refractivity contribution in [1.82, 2.24) is 14.9 Å². The van der Waals surface area contributed by atoms with Crippen molar-refractivity contribution in [3.8, 4) is 11.3 Å². The number of hydrogen-bond acceptors (Lipinski definition) is 5. The molecule has 3 rings (SSSR count). The standard InChI is InChI=1S/C17H17N3O4/c1-11-8-20(9-14(24-11)17(22)23)16(21)13-7-18-10-19-15(13)12-5-3-2-4-6-12/h2-7,10-11,14H,8-9H2,1H3,(H,22,23)/t11-,14?/m1/s1. The van der Waals surface area contributed by atoms with E-state index in [4.69, 9.17) is 4.74 Å². The van der Waals surface area contributed by atoms with Gasteiger partial charge < -0.3 is 14.7 Å². The SMILES string of the molecule is C[C@@H]1CN(C(=O)c2cncnc2-c2ccccc2)CC(C(=O)O)O1. The second-order valence-electron chi connectivity index (χ2n) is 5.63. The number of aliphatic carboxylic acids is 1. The van der Waals surface area contributed by atoms with E-state index in [0.29, 0.717) is 17.8 Å². The molecule has 0 spiro atoms. The number of amides is 1. The fourth-order valence-electron chi connectivity index (χ4n) is 2.74. The Hall–Kier alpha value is -2.80. The minimum Gasteiger partial charge on any atom is -0.479 e. The zero-order chi connectivity index (χ0) is 17.1. The van der Waals surface area contributed by atoms with Crippen LogP contribution in [0.1, 0.15) is 17.3 Å². The fraction of sp³-hybridized carbons (Fsp3) is 0.294. The molecule has 124 valence electrons. The molecule has 2 atom stereocenters. The van der Waals surface area contributed by atoms with Gasteiger partial charge in [-0.25, -0.2) is 14.8 Å². The van der Waals surface area contributed by atoms with Gasteiger partial charge in [-0.15, -0.1) is 0 Å². The number of carbonyl (C=O) groups excluding carboxylic acids is 1. The monoisotopic (exact) mass is 327 g/mol. The lowest BCUT2D eigenvalue weighted by Gasteiger charge is -2.35. The lowest BCUT2D eigenvalue weighted by Crippen LogP contribution is -2.51. The number of hydrogen-bond donors (Lipinski definition) is 1. The van der Waals surface area contributed by atoms with Gasteiger partial charge in [0.15, 0.2) is 6.10 Å². The van der Waals surface area contributed by atoms with E-state index in [-0.39, 0.29) is 18.6 Å². The van der Waals surface area contributed by atoms with Crippen LogP contribution >= 0.6 is 0 Å². The molecular formula is C17H17N3O4. The number of morpholine rings is 1. The molecule has 1 aliphatic heterocycles. The van der Waals surface area contributed by atoms with Crippen molar-refractivity contribution >= 4 is 11.9 Å². The normalized spacial score (nSPS) is 20.6. The van der Waals surface area contributed by atoms with E-state index in [9.17, 15) is 14.7 Å². The van der Waals surface area contributed by atoms with E-state index in [1.807, 2.05) is 30.3 Å². The summed E-state index contributed by atoms with van der Waals surface area (Å²) in [6.07, 6.45) is 1.48. The molecule has 24 heavy (non-hydrogen) atoms. The second kappa shape index (κ2) is 6.76. The highest BCUT2D eigenvalue weighted by Gasteiger charge is 2.34. The Labute approximate surface area is 138 Å². The van der Waals surface area contributed by atoms with Crippen LogP contribution in [0.15, 0.2) is 42.9 Å². The Morgan fingerprint density at radius 1 is 1.25 bits per heavy atom. The summed E-state index contributed by atoms with van der Waals surface area (Å²) >= 11 is 0. The zero-order valence-corrected chi connectivity index (χ0v) is 13.1. The van der Waals surface area contributed by atoms with E-state index in [0.717, 1.165) is 5.56 Å². The summed E-state index contributed by atoms with van der Waals surface area (Å²) in [5.41, 5.74) is 1.68. The third kappa shape index (κ3) is 3.26. The van der Waals surface area contributed by atoms with Gasteiger partial charge in [0.25, 0.3) is 5.91 Å². The highest BCUT2D eigenvalue weighted by atomic mass is 16.5. The molecule has 7 nitrogen and oxygen atoms in total.